The van der Waals surface area contributed by atoms with Gasteiger partial charge in [0.1, 0.15) is 29.7 Å². The molecule has 0 saturated carbocycles. The molecule has 1 saturated heterocycles. The number of anilines is 1. The normalized spacial score (nSPS) is 16.9. The van der Waals surface area contributed by atoms with Crippen molar-refractivity contribution in [2.24, 2.45) is 12.2 Å². The first-order valence-electron chi connectivity index (χ1n) is 11.0. The molecule has 0 radical (unpaired) electrons. The standard InChI is InChI=1S/C21H24Cl2N8O4S/c1-5-35-20(33)17-16(18-24-9-25-30(18)3)28-21(36-17)31-7-6-11(12(8-31)29-34-4)27-19(32)15-14(23)13(22)10(2)26-15/h9,11,26H,5-8H2,1-4H3,(H,27,32)/b29-12+. The van der Waals surface area contributed by atoms with Crippen molar-refractivity contribution in [2.45, 2.75) is 26.3 Å². The van der Waals surface area contributed by atoms with Gasteiger partial charge in [0.05, 0.1) is 35.0 Å². The molecule has 15 heteroatoms. The topological polar surface area (TPSA) is 140 Å². The van der Waals surface area contributed by atoms with Gasteiger partial charge in [-0.05, 0) is 20.3 Å². The van der Waals surface area contributed by atoms with Gasteiger partial charge in [-0.3, -0.25) is 4.79 Å². The highest BCUT2D eigenvalue weighted by atomic mass is 35.5. The van der Waals surface area contributed by atoms with Crippen molar-refractivity contribution >= 4 is 57.3 Å². The number of aromatic amines is 1. The van der Waals surface area contributed by atoms with Gasteiger partial charge in [0.15, 0.2) is 11.0 Å². The summed E-state index contributed by atoms with van der Waals surface area (Å²) in [4.78, 5) is 44.7. The summed E-state index contributed by atoms with van der Waals surface area (Å²) < 4.78 is 6.77. The third-order valence-corrected chi connectivity index (χ3v) is 7.55. The van der Waals surface area contributed by atoms with Crippen LogP contribution < -0.4 is 10.2 Å². The predicted octanol–water partition coefficient (Wildman–Crippen LogP) is 3.07. The molecule has 1 aliphatic heterocycles. The molecular weight excluding hydrogens is 531 g/mol. The highest BCUT2D eigenvalue weighted by Gasteiger charge is 2.32. The number of aromatic nitrogens is 5. The van der Waals surface area contributed by atoms with Crippen LogP contribution >= 0.6 is 34.5 Å². The lowest BCUT2D eigenvalue weighted by Crippen LogP contribution is -2.52. The minimum Gasteiger partial charge on any atom is -0.462 e. The van der Waals surface area contributed by atoms with Crippen LogP contribution in [0.25, 0.3) is 11.5 Å². The number of aryl methyl sites for hydroxylation is 2. The van der Waals surface area contributed by atoms with Gasteiger partial charge >= 0.3 is 5.97 Å². The number of carbonyl (C=O) groups is 2. The number of rotatable bonds is 7. The Morgan fingerprint density at radius 3 is 2.75 bits per heavy atom. The fraction of sp³-hybridized carbons (Fsp3) is 0.429. The predicted molar refractivity (Wildman–Crippen MR) is 136 cm³/mol. The van der Waals surface area contributed by atoms with Gasteiger partial charge in [0.25, 0.3) is 5.91 Å². The van der Waals surface area contributed by atoms with Gasteiger partial charge in [0, 0.05) is 19.3 Å². The lowest BCUT2D eigenvalue weighted by atomic mass is 10.0. The average Bonchev–Trinajstić information content (AvgIpc) is 3.54. The Morgan fingerprint density at radius 2 is 2.14 bits per heavy atom. The van der Waals surface area contributed by atoms with Gasteiger partial charge < -0.3 is 24.8 Å². The van der Waals surface area contributed by atoms with Crippen LogP contribution in [0.15, 0.2) is 11.5 Å². The van der Waals surface area contributed by atoms with Crippen molar-refractivity contribution < 1.29 is 19.2 Å². The molecule has 2 N–H and O–H groups in total. The Bertz CT molecular complexity index is 1320. The fourth-order valence-corrected chi connectivity index (χ4v) is 5.16. The average molecular weight is 555 g/mol. The van der Waals surface area contributed by atoms with E-state index in [9.17, 15) is 9.59 Å². The van der Waals surface area contributed by atoms with E-state index in [1.165, 1.54) is 24.8 Å². The minimum atomic E-state index is -0.482. The van der Waals surface area contributed by atoms with Crippen LogP contribution in [0.2, 0.25) is 10.0 Å². The maximum Gasteiger partial charge on any atom is 0.350 e. The van der Waals surface area contributed by atoms with E-state index in [1.54, 1.807) is 25.6 Å². The fourth-order valence-electron chi connectivity index (χ4n) is 3.76. The maximum absolute atomic E-state index is 12.9. The van der Waals surface area contributed by atoms with Crippen molar-refractivity contribution in [3.8, 4) is 11.5 Å². The van der Waals surface area contributed by atoms with Crippen LogP contribution in [0, 0.1) is 6.92 Å². The Balaban J connectivity index is 1.57. The first-order valence-corrected chi connectivity index (χ1v) is 12.5. The summed E-state index contributed by atoms with van der Waals surface area (Å²) in [5.74, 6) is -0.435. The summed E-state index contributed by atoms with van der Waals surface area (Å²) in [6, 6.07) is -0.408. The number of oxime groups is 1. The number of nitrogens with zero attached hydrogens (tertiary/aromatic N) is 6. The number of ether oxygens (including phenoxy) is 1. The van der Waals surface area contributed by atoms with E-state index in [0.717, 1.165) is 0 Å². The molecule has 4 heterocycles. The highest BCUT2D eigenvalue weighted by molar-refractivity contribution is 7.18. The molecule has 12 nitrogen and oxygen atoms in total. The summed E-state index contributed by atoms with van der Waals surface area (Å²) in [5.41, 5.74) is 1.76. The van der Waals surface area contributed by atoms with E-state index in [1.807, 2.05) is 4.90 Å². The van der Waals surface area contributed by atoms with Gasteiger partial charge in [-0.25, -0.2) is 19.4 Å². The number of amides is 1. The number of thiazole rings is 1. The summed E-state index contributed by atoms with van der Waals surface area (Å²) in [6.07, 6.45) is 1.90. The third kappa shape index (κ3) is 5.04. The molecule has 3 aromatic rings. The van der Waals surface area contributed by atoms with Crippen LogP contribution in [0.5, 0.6) is 0 Å². The molecule has 0 spiro atoms. The number of esters is 1. The summed E-state index contributed by atoms with van der Waals surface area (Å²) in [5, 5.41) is 12.2. The molecule has 1 aliphatic rings. The van der Waals surface area contributed by atoms with E-state index < -0.39 is 17.9 Å². The second kappa shape index (κ2) is 10.8. The van der Waals surface area contributed by atoms with E-state index in [-0.39, 0.29) is 17.3 Å². The SMILES string of the molecule is CCOC(=O)c1sc(N2CCC(NC(=O)c3[nH]c(C)c(Cl)c3Cl)/C(=N/OC)C2)nc1-c1ncnn1C. The number of hydrogen-bond donors (Lipinski definition) is 2. The molecule has 0 aromatic carbocycles. The molecule has 1 amide bonds. The molecule has 1 fully saturated rings. The van der Waals surface area contributed by atoms with E-state index in [2.05, 4.69) is 25.5 Å². The van der Waals surface area contributed by atoms with E-state index in [0.29, 0.717) is 57.5 Å². The van der Waals surface area contributed by atoms with Gasteiger partial charge in [-0.15, -0.1) is 0 Å². The molecule has 3 aromatic heterocycles. The molecule has 4 rings (SSSR count). The quantitative estimate of drug-likeness (QED) is 0.335. The van der Waals surface area contributed by atoms with E-state index in [4.69, 9.17) is 37.8 Å². The van der Waals surface area contributed by atoms with Crippen LogP contribution in [0.4, 0.5) is 5.13 Å². The van der Waals surface area contributed by atoms with Crippen LogP contribution in [0.1, 0.15) is 39.2 Å². The van der Waals surface area contributed by atoms with Crippen LogP contribution in [-0.2, 0) is 16.6 Å². The van der Waals surface area contributed by atoms with Crippen molar-refractivity contribution in [3.05, 3.63) is 32.6 Å². The largest absolute Gasteiger partial charge is 0.462 e. The summed E-state index contributed by atoms with van der Waals surface area (Å²) >= 11 is 13.5. The third-order valence-electron chi connectivity index (χ3n) is 5.51. The number of piperidine rings is 1. The molecule has 1 atom stereocenters. The Kier molecular flexibility index (Phi) is 7.81. The summed E-state index contributed by atoms with van der Waals surface area (Å²) in [6.45, 7) is 4.54. The van der Waals surface area contributed by atoms with Crippen molar-refractivity contribution in [1.82, 2.24) is 30.0 Å². The van der Waals surface area contributed by atoms with Gasteiger partial charge in [0.2, 0.25) is 0 Å². The first kappa shape index (κ1) is 25.9. The number of nitrogens with one attached hydrogen (secondary N) is 2. The molecule has 0 bridgehead atoms. The Morgan fingerprint density at radius 1 is 1.36 bits per heavy atom. The number of hydrogen-bond acceptors (Lipinski definition) is 10. The molecule has 0 aliphatic carbocycles. The van der Waals surface area contributed by atoms with Gasteiger partial charge in [-0.2, -0.15) is 5.10 Å². The Hall–Kier alpha value is -3.16. The van der Waals surface area contributed by atoms with Crippen molar-refractivity contribution in [1.29, 1.82) is 0 Å². The number of halogens is 2. The second-order valence-electron chi connectivity index (χ2n) is 7.86. The lowest BCUT2D eigenvalue weighted by Gasteiger charge is -2.32. The molecule has 36 heavy (non-hydrogen) atoms. The summed E-state index contributed by atoms with van der Waals surface area (Å²) in [7, 11) is 3.16. The minimum absolute atomic E-state index is 0.167. The van der Waals surface area contributed by atoms with Crippen molar-refractivity contribution in [2.75, 3.05) is 31.7 Å². The van der Waals surface area contributed by atoms with Gasteiger partial charge in [-0.1, -0.05) is 39.7 Å². The number of carbonyl (C=O) groups excluding carboxylic acids is 2. The second-order valence-corrected chi connectivity index (χ2v) is 9.59. The highest BCUT2D eigenvalue weighted by Crippen LogP contribution is 2.34. The smallest absolute Gasteiger partial charge is 0.350 e. The Labute approximate surface area is 220 Å². The van der Waals surface area contributed by atoms with Crippen LogP contribution in [-0.4, -0.2) is 75.2 Å². The molecule has 1 unspecified atom stereocenters. The zero-order valence-electron chi connectivity index (χ0n) is 20.0. The van der Waals surface area contributed by atoms with Crippen LogP contribution in [0.3, 0.4) is 0 Å². The van der Waals surface area contributed by atoms with Crippen molar-refractivity contribution in [3.63, 3.8) is 0 Å². The number of H-pyrrole nitrogens is 1. The lowest BCUT2D eigenvalue weighted by molar-refractivity contribution is 0.0532. The zero-order chi connectivity index (χ0) is 26.0. The zero-order valence-corrected chi connectivity index (χ0v) is 22.3. The first-order chi connectivity index (χ1) is 17.2. The van der Waals surface area contributed by atoms with E-state index >= 15 is 0 Å². The molecular formula is C21H24Cl2N8O4S. The monoisotopic (exact) mass is 554 g/mol. The maximum atomic E-state index is 12.9. The molecule has 192 valence electrons.